The van der Waals surface area contributed by atoms with Gasteiger partial charge in [-0.2, -0.15) is 4.98 Å². The van der Waals surface area contributed by atoms with Gasteiger partial charge < -0.3 is 14.6 Å². The van der Waals surface area contributed by atoms with Gasteiger partial charge in [0.15, 0.2) is 5.82 Å². The van der Waals surface area contributed by atoms with Crippen molar-refractivity contribution in [2.75, 3.05) is 14.2 Å². The molecule has 0 spiro atoms. The number of nitrogens with zero attached hydrogens (tertiary/aromatic N) is 2. The maximum atomic E-state index is 5.08. The van der Waals surface area contributed by atoms with Crippen LogP contribution in [0.2, 0.25) is 0 Å². The van der Waals surface area contributed by atoms with Crippen molar-refractivity contribution in [3.8, 4) is 0 Å². The molecule has 0 aromatic carbocycles. The Balaban J connectivity index is 2.59. The molecule has 0 saturated heterocycles. The number of methoxy groups -OCH3 is 1. The maximum absolute atomic E-state index is 5.08. The molecule has 5 heteroatoms. The Labute approximate surface area is 83.8 Å². The predicted molar refractivity (Wildman–Crippen MR) is 51.9 cm³/mol. The van der Waals surface area contributed by atoms with Crippen LogP contribution in [0.3, 0.4) is 0 Å². The van der Waals surface area contributed by atoms with Gasteiger partial charge in [-0.25, -0.2) is 0 Å². The van der Waals surface area contributed by atoms with Crippen LogP contribution < -0.4 is 5.32 Å². The van der Waals surface area contributed by atoms with Crippen LogP contribution in [0.4, 0.5) is 0 Å². The smallest absolute Gasteiger partial charge is 0.228 e. The zero-order valence-electron chi connectivity index (χ0n) is 9.07. The van der Waals surface area contributed by atoms with Gasteiger partial charge >= 0.3 is 0 Å². The van der Waals surface area contributed by atoms with Gasteiger partial charge in [0.2, 0.25) is 5.89 Å². The summed E-state index contributed by atoms with van der Waals surface area (Å²) < 4.78 is 10.2. The first-order chi connectivity index (χ1) is 6.67. The van der Waals surface area contributed by atoms with E-state index in [0.717, 1.165) is 6.42 Å². The molecule has 0 radical (unpaired) electrons. The van der Waals surface area contributed by atoms with Crippen molar-refractivity contribution in [1.82, 2.24) is 15.5 Å². The van der Waals surface area contributed by atoms with Gasteiger partial charge in [0.1, 0.15) is 6.10 Å². The Morgan fingerprint density at radius 2 is 2.21 bits per heavy atom. The fourth-order valence-electron chi connectivity index (χ4n) is 0.985. The van der Waals surface area contributed by atoms with Crippen molar-refractivity contribution in [2.45, 2.75) is 32.4 Å². The SMILES string of the molecule is CNC(C)Cc1nc(C(C)OC)no1. The van der Waals surface area contributed by atoms with Crippen molar-refractivity contribution in [1.29, 1.82) is 0 Å². The summed E-state index contributed by atoms with van der Waals surface area (Å²) in [6.45, 7) is 3.94. The lowest BCUT2D eigenvalue weighted by molar-refractivity contribution is 0.109. The zero-order chi connectivity index (χ0) is 10.6. The maximum Gasteiger partial charge on any atom is 0.228 e. The molecule has 1 N–H and O–H groups in total. The number of nitrogens with one attached hydrogen (secondary N) is 1. The van der Waals surface area contributed by atoms with Gasteiger partial charge in [0.05, 0.1) is 0 Å². The number of aromatic nitrogens is 2. The summed E-state index contributed by atoms with van der Waals surface area (Å²) in [6, 6.07) is 0.334. The zero-order valence-corrected chi connectivity index (χ0v) is 9.07. The van der Waals surface area contributed by atoms with Crippen molar-refractivity contribution in [2.24, 2.45) is 0 Å². The molecular weight excluding hydrogens is 182 g/mol. The van der Waals surface area contributed by atoms with Gasteiger partial charge in [-0.15, -0.1) is 0 Å². The van der Waals surface area contributed by atoms with Gasteiger partial charge in [-0.05, 0) is 20.9 Å². The first kappa shape index (κ1) is 11.1. The van der Waals surface area contributed by atoms with Crippen molar-refractivity contribution >= 4 is 0 Å². The average Bonchev–Trinajstić information content (AvgIpc) is 2.65. The van der Waals surface area contributed by atoms with Crippen LogP contribution in [0.25, 0.3) is 0 Å². The molecule has 0 fully saturated rings. The highest BCUT2D eigenvalue weighted by atomic mass is 16.5. The van der Waals surface area contributed by atoms with Gasteiger partial charge in [0, 0.05) is 19.6 Å². The van der Waals surface area contributed by atoms with E-state index in [1.54, 1.807) is 7.11 Å². The number of ether oxygens (including phenoxy) is 1. The summed E-state index contributed by atoms with van der Waals surface area (Å²) >= 11 is 0. The van der Waals surface area contributed by atoms with Gasteiger partial charge in [0.25, 0.3) is 0 Å². The van der Waals surface area contributed by atoms with Crippen molar-refractivity contribution in [3.63, 3.8) is 0 Å². The third-order valence-electron chi connectivity index (χ3n) is 2.17. The summed E-state index contributed by atoms with van der Waals surface area (Å²) in [6.07, 6.45) is 0.623. The normalized spacial score (nSPS) is 15.4. The predicted octanol–water partition coefficient (Wildman–Crippen LogP) is 0.927. The van der Waals surface area contributed by atoms with E-state index in [4.69, 9.17) is 9.26 Å². The average molecular weight is 199 g/mol. The Hall–Kier alpha value is -0.940. The Morgan fingerprint density at radius 3 is 2.79 bits per heavy atom. The molecule has 80 valence electrons. The third kappa shape index (κ3) is 2.78. The molecule has 0 aliphatic rings. The van der Waals surface area contributed by atoms with E-state index in [1.807, 2.05) is 14.0 Å². The molecule has 5 nitrogen and oxygen atoms in total. The topological polar surface area (TPSA) is 60.2 Å². The first-order valence-electron chi connectivity index (χ1n) is 4.70. The number of likely N-dealkylation sites (N-methyl/N-ethyl adjacent to an activating group) is 1. The minimum Gasteiger partial charge on any atom is -0.374 e. The highest BCUT2D eigenvalue weighted by Gasteiger charge is 2.13. The van der Waals surface area contributed by atoms with E-state index < -0.39 is 0 Å². The molecule has 1 rings (SSSR count). The summed E-state index contributed by atoms with van der Waals surface area (Å²) in [5.74, 6) is 1.25. The fourth-order valence-corrected chi connectivity index (χ4v) is 0.985. The van der Waals surface area contributed by atoms with Crippen molar-refractivity contribution in [3.05, 3.63) is 11.7 Å². The molecule has 0 saturated carbocycles. The van der Waals surface area contributed by atoms with E-state index in [1.165, 1.54) is 0 Å². The summed E-state index contributed by atoms with van der Waals surface area (Å²) in [7, 11) is 3.52. The van der Waals surface area contributed by atoms with Crippen LogP contribution in [0, 0.1) is 0 Å². The van der Waals surface area contributed by atoms with E-state index in [0.29, 0.717) is 17.8 Å². The monoisotopic (exact) mass is 199 g/mol. The molecule has 1 aromatic rings. The van der Waals surface area contributed by atoms with Crippen LogP contribution in [0.1, 0.15) is 31.7 Å². The largest absolute Gasteiger partial charge is 0.374 e. The van der Waals surface area contributed by atoms with Gasteiger partial charge in [-0.1, -0.05) is 5.16 Å². The molecule has 2 atom stereocenters. The first-order valence-corrected chi connectivity index (χ1v) is 4.70. The van der Waals surface area contributed by atoms with E-state index >= 15 is 0 Å². The Morgan fingerprint density at radius 1 is 1.50 bits per heavy atom. The third-order valence-corrected chi connectivity index (χ3v) is 2.17. The highest BCUT2D eigenvalue weighted by Crippen LogP contribution is 2.12. The molecule has 0 bridgehead atoms. The summed E-state index contributed by atoms with van der Waals surface area (Å²) in [5.41, 5.74) is 0. The molecule has 0 aliphatic carbocycles. The molecule has 2 unspecified atom stereocenters. The molecule has 0 amide bonds. The quantitative estimate of drug-likeness (QED) is 0.764. The van der Waals surface area contributed by atoms with Crippen molar-refractivity contribution < 1.29 is 9.26 Å². The minimum atomic E-state index is -0.114. The Bertz CT molecular complexity index is 275. The second-order valence-electron chi connectivity index (χ2n) is 3.32. The van der Waals surface area contributed by atoms with Gasteiger partial charge in [-0.3, -0.25) is 0 Å². The Kier molecular flexibility index (Phi) is 4.03. The van der Waals surface area contributed by atoms with Crippen LogP contribution in [-0.4, -0.2) is 30.3 Å². The van der Waals surface area contributed by atoms with Crippen LogP contribution in [0.5, 0.6) is 0 Å². The van der Waals surface area contributed by atoms with E-state index in [9.17, 15) is 0 Å². The van der Waals surface area contributed by atoms with Crippen LogP contribution in [0.15, 0.2) is 4.52 Å². The molecular formula is C9H17N3O2. The van der Waals surface area contributed by atoms with E-state index in [-0.39, 0.29) is 6.10 Å². The molecule has 0 aliphatic heterocycles. The molecule has 1 aromatic heterocycles. The van der Waals surface area contributed by atoms with Crippen LogP contribution >= 0.6 is 0 Å². The second kappa shape index (κ2) is 5.07. The second-order valence-corrected chi connectivity index (χ2v) is 3.32. The fraction of sp³-hybridized carbons (Fsp3) is 0.778. The number of rotatable bonds is 5. The van der Waals surface area contributed by atoms with Crippen LogP contribution in [-0.2, 0) is 11.2 Å². The van der Waals surface area contributed by atoms with E-state index in [2.05, 4.69) is 22.4 Å². The molecule has 1 heterocycles. The number of hydrogen-bond acceptors (Lipinski definition) is 5. The lowest BCUT2D eigenvalue weighted by atomic mass is 10.2. The standard InChI is InChI=1S/C9H17N3O2/c1-6(10-3)5-8-11-9(12-14-8)7(2)13-4/h6-7,10H,5H2,1-4H3. The lowest BCUT2D eigenvalue weighted by Gasteiger charge is -2.04. The summed E-state index contributed by atoms with van der Waals surface area (Å²) in [4.78, 5) is 4.23. The summed E-state index contributed by atoms with van der Waals surface area (Å²) in [5, 5.41) is 6.94. The highest BCUT2D eigenvalue weighted by molar-refractivity contribution is 4.91. The lowest BCUT2D eigenvalue weighted by Crippen LogP contribution is -2.23. The minimum absolute atomic E-state index is 0.114. The number of hydrogen-bond donors (Lipinski definition) is 1. The molecule has 14 heavy (non-hydrogen) atoms.